The highest BCUT2D eigenvalue weighted by Crippen LogP contribution is 2.34. The summed E-state index contributed by atoms with van der Waals surface area (Å²) in [5, 5.41) is 2.97. The molecule has 23 heavy (non-hydrogen) atoms. The molecule has 2 nitrogen and oxygen atoms in total. The second kappa shape index (κ2) is 8.96. The van der Waals surface area contributed by atoms with Crippen molar-refractivity contribution in [2.24, 2.45) is 0 Å². The summed E-state index contributed by atoms with van der Waals surface area (Å²) in [6, 6.07) is 0.175. The largest absolute Gasteiger partial charge is 0.416 e. The molecule has 0 aliphatic carbocycles. The van der Waals surface area contributed by atoms with Crippen molar-refractivity contribution in [2.75, 3.05) is 26.2 Å². The van der Waals surface area contributed by atoms with Gasteiger partial charge in [-0.3, -0.25) is 4.90 Å². The van der Waals surface area contributed by atoms with Gasteiger partial charge in [0, 0.05) is 31.7 Å². The van der Waals surface area contributed by atoms with Crippen molar-refractivity contribution in [3.05, 3.63) is 35.1 Å². The molecule has 0 bridgehead atoms. The van der Waals surface area contributed by atoms with Crippen molar-refractivity contribution in [2.45, 2.75) is 18.6 Å². The standard InChI is InChI=1S/C13H14F6N2.2ClH/c14-10-7-8(13(17,18)19)1-2-9(10)11(12(15)16)21-5-3-20-4-6-21;;/h1-2,7,11-12,20H,3-6H2;2*1H/t11-;;/m1../s1. The molecule has 0 amide bonds. The number of hydrogen-bond acceptors (Lipinski definition) is 2. The summed E-state index contributed by atoms with van der Waals surface area (Å²) in [6.45, 7) is 1.53. The summed E-state index contributed by atoms with van der Waals surface area (Å²) in [7, 11) is 0. The van der Waals surface area contributed by atoms with Crippen molar-refractivity contribution in [1.82, 2.24) is 10.2 Å². The summed E-state index contributed by atoms with van der Waals surface area (Å²) < 4.78 is 77.8. The van der Waals surface area contributed by atoms with Crippen LogP contribution in [0.5, 0.6) is 0 Å². The van der Waals surface area contributed by atoms with Gasteiger partial charge in [-0.25, -0.2) is 13.2 Å². The summed E-state index contributed by atoms with van der Waals surface area (Å²) in [5.74, 6) is -1.26. The van der Waals surface area contributed by atoms with Crippen LogP contribution in [-0.2, 0) is 6.18 Å². The number of hydrogen-bond donors (Lipinski definition) is 1. The molecule has 1 heterocycles. The quantitative estimate of drug-likeness (QED) is 0.795. The summed E-state index contributed by atoms with van der Waals surface area (Å²) in [6.07, 6.45) is -7.58. The molecule has 1 aromatic rings. The molecular formula is C13H16Cl2F6N2. The molecular weight excluding hydrogens is 369 g/mol. The van der Waals surface area contributed by atoms with Crippen molar-refractivity contribution in [3.8, 4) is 0 Å². The fraction of sp³-hybridized carbons (Fsp3) is 0.538. The lowest BCUT2D eigenvalue weighted by atomic mass is 10.0. The van der Waals surface area contributed by atoms with E-state index < -0.39 is 35.6 Å². The maximum absolute atomic E-state index is 13.9. The summed E-state index contributed by atoms with van der Waals surface area (Å²) >= 11 is 0. The van der Waals surface area contributed by atoms with Gasteiger partial charge in [-0.1, -0.05) is 6.07 Å². The number of piperazine rings is 1. The third-order valence-electron chi connectivity index (χ3n) is 3.43. The molecule has 0 aromatic heterocycles. The van der Waals surface area contributed by atoms with Crippen LogP contribution in [0.1, 0.15) is 17.2 Å². The van der Waals surface area contributed by atoms with Crippen molar-refractivity contribution in [1.29, 1.82) is 0 Å². The topological polar surface area (TPSA) is 15.3 Å². The first-order valence-corrected chi connectivity index (χ1v) is 6.40. The second-order valence-electron chi connectivity index (χ2n) is 4.80. The predicted molar refractivity (Wildman–Crippen MR) is 79.1 cm³/mol. The average Bonchev–Trinajstić information content (AvgIpc) is 2.40. The SMILES string of the molecule is Cl.Cl.Fc1cc(C(F)(F)F)ccc1[C@H](C(F)F)N1CCNCC1. The van der Waals surface area contributed by atoms with E-state index >= 15 is 0 Å². The van der Waals surface area contributed by atoms with Crippen LogP contribution in [0.2, 0.25) is 0 Å². The molecule has 0 unspecified atom stereocenters. The predicted octanol–water partition coefficient (Wildman–Crippen LogP) is 3.90. The number of rotatable bonds is 3. The van der Waals surface area contributed by atoms with Gasteiger partial charge in [0.05, 0.1) is 11.6 Å². The van der Waals surface area contributed by atoms with Crippen molar-refractivity contribution >= 4 is 24.8 Å². The highest BCUT2D eigenvalue weighted by Gasteiger charge is 2.35. The molecule has 1 atom stereocenters. The second-order valence-corrected chi connectivity index (χ2v) is 4.80. The molecule has 1 aliphatic rings. The zero-order valence-corrected chi connectivity index (χ0v) is 13.4. The Bertz CT molecular complexity index is 492. The van der Waals surface area contributed by atoms with Crippen LogP contribution in [0, 0.1) is 5.82 Å². The average molecular weight is 385 g/mol. The van der Waals surface area contributed by atoms with Gasteiger partial charge in [0.25, 0.3) is 6.43 Å². The minimum atomic E-state index is -4.70. The first kappa shape index (κ1) is 22.3. The maximum Gasteiger partial charge on any atom is 0.416 e. The number of nitrogens with one attached hydrogen (secondary N) is 1. The molecule has 1 aliphatic heterocycles. The van der Waals surface area contributed by atoms with Gasteiger partial charge in [0.1, 0.15) is 5.82 Å². The van der Waals surface area contributed by atoms with Crippen LogP contribution in [-0.4, -0.2) is 37.5 Å². The summed E-state index contributed by atoms with van der Waals surface area (Å²) in [4.78, 5) is 1.38. The fourth-order valence-electron chi connectivity index (χ4n) is 2.40. The van der Waals surface area contributed by atoms with E-state index in [1.54, 1.807) is 0 Å². The van der Waals surface area contributed by atoms with Gasteiger partial charge < -0.3 is 5.32 Å². The van der Waals surface area contributed by atoms with E-state index in [0.29, 0.717) is 19.2 Å². The minimum absolute atomic E-state index is 0. The van der Waals surface area contributed by atoms with E-state index in [9.17, 15) is 26.3 Å². The van der Waals surface area contributed by atoms with E-state index in [1.165, 1.54) is 4.90 Å². The molecule has 1 fully saturated rings. The molecule has 0 saturated carbocycles. The lowest BCUT2D eigenvalue weighted by Gasteiger charge is -2.34. The Balaban J connectivity index is 0.00000242. The zero-order chi connectivity index (χ0) is 15.6. The Morgan fingerprint density at radius 3 is 2.04 bits per heavy atom. The third kappa shape index (κ3) is 5.41. The van der Waals surface area contributed by atoms with Crippen LogP contribution in [0.3, 0.4) is 0 Å². The van der Waals surface area contributed by atoms with Crippen LogP contribution >= 0.6 is 24.8 Å². The number of benzene rings is 1. The van der Waals surface area contributed by atoms with Crippen molar-refractivity contribution < 1.29 is 26.3 Å². The van der Waals surface area contributed by atoms with Crippen LogP contribution in [0.25, 0.3) is 0 Å². The number of nitrogens with zero attached hydrogens (tertiary/aromatic N) is 1. The van der Waals surface area contributed by atoms with E-state index in [0.717, 1.165) is 6.07 Å². The molecule has 2 rings (SSSR count). The van der Waals surface area contributed by atoms with Crippen molar-refractivity contribution in [3.63, 3.8) is 0 Å². The zero-order valence-electron chi connectivity index (χ0n) is 11.7. The van der Waals surface area contributed by atoms with Gasteiger partial charge in [-0.05, 0) is 12.1 Å². The van der Waals surface area contributed by atoms with Gasteiger partial charge in [0.15, 0.2) is 0 Å². The smallest absolute Gasteiger partial charge is 0.314 e. The molecule has 10 heteroatoms. The van der Waals surface area contributed by atoms with E-state index in [2.05, 4.69) is 5.32 Å². The monoisotopic (exact) mass is 384 g/mol. The van der Waals surface area contributed by atoms with Gasteiger partial charge in [0.2, 0.25) is 0 Å². The Kier molecular flexibility index (Phi) is 8.69. The molecule has 1 aromatic carbocycles. The minimum Gasteiger partial charge on any atom is -0.314 e. The highest BCUT2D eigenvalue weighted by atomic mass is 35.5. The lowest BCUT2D eigenvalue weighted by molar-refractivity contribution is -0.137. The maximum atomic E-state index is 13.9. The van der Waals surface area contributed by atoms with E-state index in [1.807, 2.05) is 0 Å². The molecule has 1 saturated heterocycles. The Labute approximate surface area is 142 Å². The molecule has 134 valence electrons. The third-order valence-corrected chi connectivity index (χ3v) is 3.43. The molecule has 0 spiro atoms. The molecule has 1 N–H and O–H groups in total. The number of alkyl halides is 5. The normalized spacial score (nSPS) is 17.3. The molecule has 0 radical (unpaired) electrons. The Morgan fingerprint density at radius 2 is 1.61 bits per heavy atom. The highest BCUT2D eigenvalue weighted by molar-refractivity contribution is 5.85. The van der Waals surface area contributed by atoms with Crippen LogP contribution in [0.4, 0.5) is 26.3 Å². The number of halogens is 8. The first-order chi connectivity index (χ1) is 9.80. The van der Waals surface area contributed by atoms with Gasteiger partial charge in [-0.2, -0.15) is 13.2 Å². The van der Waals surface area contributed by atoms with E-state index in [4.69, 9.17) is 0 Å². The van der Waals surface area contributed by atoms with Gasteiger partial charge >= 0.3 is 6.18 Å². The van der Waals surface area contributed by atoms with Gasteiger partial charge in [-0.15, -0.1) is 24.8 Å². The summed E-state index contributed by atoms with van der Waals surface area (Å²) in [5.41, 5.74) is -1.59. The fourth-order valence-corrected chi connectivity index (χ4v) is 2.40. The lowest BCUT2D eigenvalue weighted by Crippen LogP contribution is -2.47. The van der Waals surface area contributed by atoms with Crippen LogP contribution in [0.15, 0.2) is 18.2 Å². The first-order valence-electron chi connectivity index (χ1n) is 6.40. The van der Waals surface area contributed by atoms with E-state index in [-0.39, 0.29) is 44.0 Å². The van der Waals surface area contributed by atoms with Crippen LogP contribution < -0.4 is 5.32 Å². The Morgan fingerprint density at radius 1 is 1.04 bits per heavy atom. The Hall–Kier alpha value is -0.700.